The molecule has 8 heteroatoms. The summed E-state index contributed by atoms with van der Waals surface area (Å²) in [4.78, 5) is 21.4. The average molecular weight is 433 g/mol. The molecule has 166 valence electrons. The molecular formula is C23H25F2NO5. The van der Waals surface area contributed by atoms with Gasteiger partial charge in [0, 0.05) is 25.2 Å². The molecule has 2 aromatic carbocycles. The SMILES string of the molecule is CN1CCC(OC(c2ccc(F)cc2)c2ccc(F)cc2)CC1.O=C(O)C=CC(=O)O. The van der Waals surface area contributed by atoms with Crippen molar-refractivity contribution in [1.82, 2.24) is 4.90 Å². The summed E-state index contributed by atoms with van der Waals surface area (Å²) in [6.07, 6.45) is 2.91. The van der Waals surface area contributed by atoms with E-state index >= 15 is 0 Å². The Morgan fingerprint density at radius 2 is 1.29 bits per heavy atom. The number of hydrogen-bond donors (Lipinski definition) is 2. The van der Waals surface area contributed by atoms with Gasteiger partial charge in [-0.25, -0.2) is 18.4 Å². The van der Waals surface area contributed by atoms with E-state index in [1.54, 1.807) is 24.3 Å². The highest BCUT2D eigenvalue weighted by Gasteiger charge is 2.23. The number of halogens is 2. The van der Waals surface area contributed by atoms with Crippen molar-refractivity contribution in [2.45, 2.75) is 25.0 Å². The van der Waals surface area contributed by atoms with Crippen LogP contribution in [0.2, 0.25) is 0 Å². The minimum Gasteiger partial charge on any atom is -0.478 e. The number of ether oxygens (including phenoxy) is 1. The van der Waals surface area contributed by atoms with Crippen LogP contribution in [0, 0.1) is 11.6 Å². The zero-order valence-corrected chi connectivity index (χ0v) is 17.1. The van der Waals surface area contributed by atoms with Crippen molar-refractivity contribution in [3.8, 4) is 0 Å². The van der Waals surface area contributed by atoms with Gasteiger partial charge in [-0.3, -0.25) is 0 Å². The summed E-state index contributed by atoms with van der Waals surface area (Å²) >= 11 is 0. The van der Waals surface area contributed by atoms with E-state index in [0.717, 1.165) is 37.1 Å². The number of rotatable bonds is 6. The first-order valence-electron chi connectivity index (χ1n) is 9.73. The molecule has 1 fully saturated rings. The van der Waals surface area contributed by atoms with Gasteiger partial charge < -0.3 is 19.8 Å². The molecule has 2 aromatic rings. The number of hydrogen-bond acceptors (Lipinski definition) is 4. The van der Waals surface area contributed by atoms with Crippen LogP contribution in [0.15, 0.2) is 60.7 Å². The number of piperidine rings is 1. The minimum absolute atomic E-state index is 0.159. The largest absolute Gasteiger partial charge is 0.478 e. The molecule has 0 atom stereocenters. The summed E-state index contributed by atoms with van der Waals surface area (Å²) < 4.78 is 32.7. The van der Waals surface area contributed by atoms with Gasteiger partial charge in [0.2, 0.25) is 0 Å². The van der Waals surface area contributed by atoms with Crippen LogP contribution in [0.3, 0.4) is 0 Å². The third kappa shape index (κ3) is 8.65. The molecule has 0 radical (unpaired) electrons. The lowest BCUT2D eigenvalue weighted by molar-refractivity contribution is -0.134. The Labute approximate surface area is 179 Å². The lowest BCUT2D eigenvalue weighted by Gasteiger charge is -2.32. The molecule has 1 aliphatic heterocycles. The summed E-state index contributed by atoms with van der Waals surface area (Å²) in [5.41, 5.74) is 1.77. The second kappa shape index (κ2) is 11.9. The highest BCUT2D eigenvalue weighted by molar-refractivity contribution is 5.89. The first-order chi connectivity index (χ1) is 14.7. The zero-order chi connectivity index (χ0) is 22.8. The van der Waals surface area contributed by atoms with E-state index in [1.165, 1.54) is 24.3 Å². The van der Waals surface area contributed by atoms with E-state index < -0.39 is 11.9 Å². The van der Waals surface area contributed by atoms with E-state index in [1.807, 2.05) is 0 Å². The monoisotopic (exact) mass is 433 g/mol. The molecule has 0 aromatic heterocycles. The maximum atomic E-state index is 13.2. The predicted molar refractivity (Wildman–Crippen MR) is 111 cm³/mol. The third-order valence-corrected chi connectivity index (χ3v) is 4.71. The van der Waals surface area contributed by atoms with Crippen LogP contribution < -0.4 is 0 Å². The predicted octanol–water partition coefficient (Wildman–Crippen LogP) is 3.88. The normalized spacial score (nSPS) is 15.0. The van der Waals surface area contributed by atoms with E-state index in [4.69, 9.17) is 14.9 Å². The van der Waals surface area contributed by atoms with E-state index in [-0.39, 0.29) is 23.8 Å². The Morgan fingerprint density at radius 3 is 1.65 bits per heavy atom. The quantitative estimate of drug-likeness (QED) is 0.673. The maximum Gasteiger partial charge on any atom is 0.328 e. The van der Waals surface area contributed by atoms with Gasteiger partial charge in [0.1, 0.15) is 17.7 Å². The van der Waals surface area contributed by atoms with Crippen molar-refractivity contribution in [1.29, 1.82) is 0 Å². The van der Waals surface area contributed by atoms with Crippen molar-refractivity contribution < 1.29 is 33.3 Å². The molecule has 0 amide bonds. The van der Waals surface area contributed by atoms with E-state index in [0.29, 0.717) is 12.2 Å². The lowest BCUT2D eigenvalue weighted by Crippen LogP contribution is -2.35. The molecule has 2 N–H and O–H groups in total. The minimum atomic E-state index is -1.26. The number of carbonyl (C=O) groups is 2. The molecule has 0 unspecified atom stereocenters. The van der Waals surface area contributed by atoms with Gasteiger partial charge in [-0.2, -0.15) is 0 Å². The molecule has 1 saturated heterocycles. The Hall–Kier alpha value is -3.10. The summed E-state index contributed by atoms with van der Waals surface area (Å²) in [7, 11) is 2.10. The van der Waals surface area contributed by atoms with Crippen LogP contribution >= 0.6 is 0 Å². The maximum absolute atomic E-state index is 13.2. The number of carboxylic acid groups (broad SMARTS) is 2. The highest BCUT2D eigenvalue weighted by atomic mass is 19.1. The van der Waals surface area contributed by atoms with Crippen LogP contribution in [0.4, 0.5) is 8.78 Å². The number of likely N-dealkylation sites (tertiary alicyclic amines) is 1. The van der Waals surface area contributed by atoms with Crippen LogP contribution in [-0.4, -0.2) is 53.3 Å². The first kappa shape index (κ1) is 24.2. The molecule has 1 heterocycles. The molecule has 0 saturated carbocycles. The van der Waals surface area contributed by atoms with Gasteiger partial charge in [0.05, 0.1) is 6.10 Å². The molecule has 3 rings (SSSR count). The number of carboxylic acids is 2. The molecule has 0 spiro atoms. The first-order valence-corrected chi connectivity index (χ1v) is 9.73. The Morgan fingerprint density at radius 1 is 0.903 bits per heavy atom. The fourth-order valence-corrected chi connectivity index (χ4v) is 3.08. The topological polar surface area (TPSA) is 87.1 Å². The summed E-state index contributed by atoms with van der Waals surface area (Å²) in [5.74, 6) is -3.06. The van der Waals surface area contributed by atoms with Gasteiger partial charge >= 0.3 is 11.9 Å². The van der Waals surface area contributed by atoms with Gasteiger partial charge in [0.15, 0.2) is 0 Å². The van der Waals surface area contributed by atoms with Crippen LogP contribution in [0.25, 0.3) is 0 Å². The van der Waals surface area contributed by atoms with Crippen molar-refractivity contribution >= 4 is 11.9 Å². The second-order valence-corrected chi connectivity index (χ2v) is 7.13. The lowest BCUT2D eigenvalue weighted by atomic mass is 10.00. The third-order valence-electron chi connectivity index (χ3n) is 4.71. The number of nitrogens with zero attached hydrogens (tertiary/aromatic N) is 1. The van der Waals surface area contributed by atoms with Gasteiger partial charge in [-0.15, -0.1) is 0 Å². The number of benzene rings is 2. The molecule has 6 nitrogen and oxygen atoms in total. The fraction of sp³-hybridized carbons (Fsp3) is 0.304. The summed E-state index contributed by atoms with van der Waals surface area (Å²) in [6.45, 7) is 2.01. The Kier molecular flexibility index (Phi) is 9.30. The van der Waals surface area contributed by atoms with Crippen molar-refractivity contribution in [3.05, 3.63) is 83.4 Å². The van der Waals surface area contributed by atoms with Crippen molar-refractivity contribution in [2.75, 3.05) is 20.1 Å². The second-order valence-electron chi connectivity index (χ2n) is 7.13. The number of aliphatic carboxylic acids is 2. The fourth-order valence-electron chi connectivity index (χ4n) is 3.08. The Bertz CT molecular complexity index is 814. The van der Waals surface area contributed by atoms with Crippen LogP contribution in [0.1, 0.15) is 30.1 Å². The average Bonchev–Trinajstić information content (AvgIpc) is 2.74. The Balaban J connectivity index is 0.000000366. The standard InChI is InChI=1S/C19H21F2NO.C4H4O4/c1-22-12-10-18(11-13-22)23-19(14-2-6-16(20)7-3-14)15-4-8-17(21)9-5-15;5-3(6)1-2-4(7)8/h2-9,18-19H,10-13H2,1H3;1-2H,(H,5,6)(H,7,8). The smallest absolute Gasteiger partial charge is 0.328 e. The van der Waals surface area contributed by atoms with E-state index in [2.05, 4.69) is 11.9 Å². The summed E-state index contributed by atoms with van der Waals surface area (Å²) in [5, 5.41) is 15.6. The van der Waals surface area contributed by atoms with Crippen molar-refractivity contribution in [3.63, 3.8) is 0 Å². The van der Waals surface area contributed by atoms with Gasteiger partial charge in [0.25, 0.3) is 0 Å². The van der Waals surface area contributed by atoms with E-state index in [9.17, 15) is 18.4 Å². The molecule has 31 heavy (non-hydrogen) atoms. The molecular weight excluding hydrogens is 408 g/mol. The highest BCUT2D eigenvalue weighted by Crippen LogP contribution is 2.30. The van der Waals surface area contributed by atoms with Crippen LogP contribution in [0.5, 0.6) is 0 Å². The molecule has 0 bridgehead atoms. The van der Waals surface area contributed by atoms with Gasteiger partial charge in [-0.05, 0) is 55.3 Å². The van der Waals surface area contributed by atoms with Gasteiger partial charge in [-0.1, -0.05) is 24.3 Å². The summed E-state index contributed by atoms with van der Waals surface area (Å²) in [6, 6.07) is 12.7. The molecule has 1 aliphatic rings. The van der Waals surface area contributed by atoms with Crippen molar-refractivity contribution in [2.24, 2.45) is 0 Å². The zero-order valence-electron chi connectivity index (χ0n) is 17.1. The molecule has 0 aliphatic carbocycles. The van der Waals surface area contributed by atoms with Crippen LogP contribution in [-0.2, 0) is 14.3 Å².